The average molecular weight is 532 g/mol. The number of nitrogens with zero attached hydrogens (tertiary/aromatic N) is 1. The van der Waals surface area contributed by atoms with Crippen molar-refractivity contribution in [1.82, 2.24) is 4.90 Å². The minimum atomic E-state index is -3.29. The Labute approximate surface area is 211 Å². The van der Waals surface area contributed by atoms with Crippen molar-refractivity contribution < 1.29 is 41.0 Å². The highest BCUT2D eigenvalue weighted by molar-refractivity contribution is 6.11. The monoisotopic (exact) mass is 531 g/mol. The van der Waals surface area contributed by atoms with Gasteiger partial charge in [0.05, 0.1) is 6.54 Å². The molecule has 1 atom stereocenters. The highest BCUT2D eigenvalue weighted by Crippen LogP contribution is 2.36. The zero-order chi connectivity index (χ0) is 28.3. The molecule has 1 saturated heterocycles. The fourth-order valence-electron chi connectivity index (χ4n) is 3.88. The molecule has 0 unspecified atom stereocenters. The quantitative estimate of drug-likeness (QED) is 0.138. The highest BCUT2D eigenvalue weighted by Gasteiger charge is 2.48. The molecule has 0 radical (unpaired) electrons. The zero-order valence-electron chi connectivity index (χ0n) is 21.0. The van der Waals surface area contributed by atoms with Gasteiger partial charge in [-0.15, -0.1) is 0 Å². The number of carbonyl (C=O) groups is 2. The molecule has 2 N–H and O–H groups in total. The summed E-state index contributed by atoms with van der Waals surface area (Å²) >= 11 is 0. The fraction of sp³-hybridized carbons (Fsp3) is 0.520. The Morgan fingerprint density at radius 1 is 1.24 bits per heavy atom. The highest BCUT2D eigenvalue weighted by atomic mass is 19.3. The van der Waals surface area contributed by atoms with Crippen LogP contribution in [0.25, 0.3) is 0 Å². The number of hydrogen-bond acceptors (Lipinski definition) is 6. The Morgan fingerprint density at radius 2 is 1.86 bits per heavy atom. The van der Waals surface area contributed by atoms with E-state index in [9.17, 15) is 31.5 Å². The maximum Gasteiger partial charge on any atom is 0.410 e. The van der Waals surface area contributed by atoms with E-state index in [-0.39, 0.29) is 41.5 Å². The molecule has 1 aromatic carbocycles. The van der Waals surface area contributed by atoms with Crippen LogP contribution < -0.4 is 0 Å². The van der Waals surface area contributed by atoms with Crippen LogP contribution >= 0.6 is 0 Å². The summed E-state index contributed by atoms with van der Waals surface area (Å²) in [5.74, 6) is -7.22. The molecule has 1 aliphatic heterocycles. The molecule has 12 heteroatoms. The number of rotatable bonds is 8. The molecule has 2 rings (SSSR count). The number of ether oxygens (including phenoxy) is 2. The second kappa shape index (κ2) is 11.4. The van der Waals surface area contributed by atoms with E-state index in [1.807, 2.05) is 0 Å². The van der Waals surface area contributed by atoms with Crippen molar-refractivity contribution in [2.45, 2.75) is 77.4 Å². The van der Waals surface area contributed by atoms with Crippen molar-refractivity contribution in [2.24, 2.45) is 0 Å². The number of benzene rings is 1. The van der Waals surface area contributed by atoms with E-state index in [4.69, 9.17) is 15.6 Å². The predicted octanol–water partition coefficient (Wildman–Crippen LogP) is 6.14. The van der Waals surface area contributed by atoms with Gasteiger partial charge >= 0.3 is 12.5 Å². The molecule has 7 nitrogen and oxygen atoms in total. The normalized spacial score (nSPS) is 17.0. The Bertz CT molecular complexity index is 1100. The number of halogens is 5. The summed E-state index contributed by atoms with van der Waals surface area (Å²) < 4.78 is 77.7. The number of Topliss-reactive ketones (excluding diaryl/α,β-unsaturated/α-hetero) is 1. The van der Waals surface area contributed by atoms with Crippen LogP contribution in [-0.2, 0) is 15.9 Å². The molecule has 204 valence electrons. The molecular formula is C25H30F5N3O4. The summed E-state index contributed by atoms with van der Waals surface area (Å²) in [4.78, 5) is 26.5. The summed E-state index contributed by atoms with van der Waals surface area (Å²) in [6.07, 6.45) is -4.87. The molecule has 0 saturated carbocycles. The van der Waals surface area contributed by atoms with Crippen LogP contribution in [0.3, 0.4) is 0 Å². The number of amides is 1. The van der Waals surface area contributed by atoms with Gasteiger partial charge in [-0.2, -0.15) is 8.78 Å². The van der Waals surface area contributed by atoms with Crippen molar-refractivity contribution in [1.29, 1.82) is 10.8 Å². The van der Waals surface area contributed by atoms with Gasteiger partial charge in [0.2, 0.25) is 5.90 Å². The number of alkyl halides is 4. The van der Waals surface area contributed by atoms with Gasteiger partial charge in [0, 0.05) is 23.6 Å². The summed E-state index contributed by atoms with van der Waals surface area (Å²) in [6.45, 7) is 9.26. The summed E-state index contributed by atoms with van der Waals surface area (Å²) in [7, 11) is 0. The molecule has 0 bridgehead atoms. The van der Waals surface area contributed by atoms with E-state index in [2.05, 4.69) is 11.3 Å². The van der Waals surface area contributed by atoms with Gasteiger partial charge in [0.25, 0.3) is 11.8 Å². The first kappa shape index (κ1) is 29.9. The number of carbonyl (C=O) groups excluding carboxylic acids is 2. The molecule has 0 spiro atoms. The van der Waals surface area contributed by atoms with Gasteiger partial charge in [-0.3, -0.25) is 20.5 Å². The first-order valence-corrected chi connectivity index (χ1v) is 11.5. The summed E-state index contributed by atoms with van der Waals surface area (Å²) in [6, 6.07) is 0.983. The SMILES string of the molecule is C=C(CC[C@@H]1CC(F)(F)CN1C(=O)OC(C)(C)C)C(=O)c1cc(C(=N)OC(=N)C(F)F)cc(F)c1CC. The molecule has 1 aromatic rings. The van der Waals surface area contributed by atoms with Crippen LogP contribution in [0.5, 0.6) is 0 Å². The average Bonchev–Trinajstić information content (AvgIpc) is 3.09. The van der Waals surface area contributed by atoms with Crippen LogP contribution in [0, 0.1) is 16.6 Å². The molecule has 37 heavy (non-hydrogen) atoms. The maximum absolute atomic E-state index is 14.7. The third kappa shape index (κ3) is 7.83. The van der Waals surface area contributed by atoms with Crippen LogP contribution in [0.2, 0.25) is 0 Å². The van der Waals surface area contributed by atoms with Crippen molar-refractivity contribution in [3.8, 4) is 0 Å². The molecule has 0 aromatic heterocycles. The summed E-state index contributed by atoms with van der Waals surface area (Å²) in [5, 5.41) is 14.8. The van der Waals surface area contributed by atoms with Crippen molar-refractivity contribution in [3.63, 3.8) is 0 Å². The van der Waals surface area contributed by atoms with E-state index in [1.165, 1.54) is 0 Å². The van der Waals surface area contributed by atoms with Crippen LogP contribution in [0.4, 0.5) is 26.7 Å². The molecule has 1 heterocycles. The van der Waals surface area contributed by atoms with Gasteiger partial charge < -0.3 is 9.47 Å². The molecule has 1 aliphatic rings. The zero-order valence-corrected chi connectivity index (χ0v) is 21.0. The third-order valence-electron chi connectivity index (χ3n) is 5.57. The number of nitrogens with one attached hydrogen (secondary N) is 2. The van der Waals surface area contributed by atoms with Crippen LogP contribution in [0.1, 0.15) is 68.4 Å². The second-order valence-corrected chi connectivity index (χ2v) is 9.73. The molecule has 0 aliphatic carbocycles. The van der Waals surface area contributed by atoms with E-state index in [1.54, 1.807) is 27.7 Å². The summed E-state index contributed by atoms with van der Waals surface area (Å²) in [5.41, 5.74) is -1.51. The van der Waals surface area contributed by atoms with E-state index < -0.39 is 66.4 Å². The molecule has 1 amide bonds. The lowest BCUT2D eigenvalue weighted by molar-refractivity contribution is -0.00246. The van der Waals surface area contributed by atoms with Gasteiger partial charge in [0.1, 0.15) is 11.4 Å². The smallest absolute Gasteiger partial charge is 0.410 e. The minimum absolute atomic E-state index is 0.0191. The van der Waals surface area contributed by atoms with Gasteiger partial charge in [-0.1, -0.05) is 13.5 Å². The van der Waals surface area contributed by atoms with Gasteiger partial charge in [-0.05, 0) is 63.3 Å². The second-order valence-electron chi connectivity index (χ2n) is 9.73. The minimum Gasteiger partial charge on any atom is -0.444 e. The first-order valence-electron chi connectivity index (χ1n) is 11.5. The van der Waals surface area contributed by atoms with Crippen molar-refractivity contribution in [2.75, 3.05) is 6.54 Å². The Kier molecular flexibility index (Phi) is 9.21. The fourth-order valence-corrected chi connectivity index (χ4v) is 3.88. The Hall–Kier alpha value is -3.31. The van der Waals surface area contributed by atoms with Crippen LogP contribution in [-0.4, -0.2) is 59.1 Å². The van der Waals surface area contributed by atoms with Crippen LogP contribution in [0.15, 0.2) is 24.3 Å². The number of likely N-dealkylation sites (tertiary alicyclic amines) is 1. The van der Waals surface area contributed by atoms with E-state index >= 15 is 0 Å². The van der Waals surface area contributed by atoms with Crippen molar-refractivity contribution in [3.05, 3.63) is 46.8 Å². The number of hydrogen-bond donors (Lipinski definition) is 2. The largest absolute Gasteiger partial charge is 0.444 e. The predicted molar refractivity (Wildman–Crippen MR) is 126 cm³/mol. The first-order chi connectivity index (χ1) is 17.0. The molecular weight excluding hydrogens is 501 g/mol. The number of ketones is 1. The van der Waals surface area contributed by atoms with Gasteiger partial charge in [0.15, 0.2) is 5.78 Å². The van der Waals surface area contributed by atoms with Gasteiger partial charge in [-0.25, -0.2) is 18.0 Å². The maximum atomic E-state index is 14.7. The lowest BCUT2D eigenvalue weighted by atomic mass is 9.92. The topological polar surface area (TPSA) is 104 Å². The van der Waals surface area contributed by atoms with E-state index in [0.717, 1.165) is 17.0 Å². The Morgan fingerprint density at radius 3 is 2.41 bits per heavy atom. The number of allylic oxidation sites excluding steroid dienone is 1. The lowest BCUT2D eigenvalue weighted by Crippen LogP contribution is -2.40. The third-order valence-corrected chi connectivity index (χ3v) is 5.57. The van der Waals surface area contributed by atoms with Crippen molar-refractivity contribution >= 4 is 23.7 Å². The molecule has 1 fully saturated rings. The Balaban J connectivity index is 2.22. The lowest BCUT2D eigenvalue weighted by Gasteiger charge is -2.28. The van der Waals surface area contributed by atoms with E-state index in [0.29, 0.717) is 0 Å². The standard InChI is InChI=1S/C25H30F5N3O4/c1-6-16-17(9-14(10-18(16)26)21(31)36-22(32)20(27)28)19(34)13(2)7-8-15-11-25(29,30)12-33(15)23(35)37-24(3,4)5/h9-10,15,20,31-32H,2,6-8,11-12H2,1,3-5H3/t15-/m1/s1.